The van der Waals surface area contributed by atoms with E-state index >= 15 is 0 Å². The van der Waals surface area contributed by atoms with Crippen molar-refractivity contribution in [1.82, 2.24) is 4.90 Å². The Balaban J connectivity index is 1.32. The third-order valence-electron chi connectivity index (χ3n) is 5.60. The first-order valence-electron chi connectivity index (χ1n) is 11.4. The van der Waals surface area contributed by atoms with Crippen molar-refractivity contribution in [3.8, 4) is 5.75 Å². The largest absolute Gasteiger partial charge is 0.487 e. The number of ether oxygens (including phenoxy) is 1. The van der Waals surface area contributed by atoms with Crippen LogP contribution in [0, 0.1) is 0 Å². The quantitative estimate of drug-likeness (QED) is 0.517. The van der Waals surface area contributed by atoms with Crippen molar-refractivity contribution in [2.75, 3.05) is 30.3 Å². The lowest BCUT2D eigenvalue weighted by molar-refractivity contribution is -0.114. The summed E-state index contributed by atoms with van der Waals surface area (Å²) in [5.41, 5.74) is 3.03. The zero-order chi connectivity index (χ0) is 22.9. The second-order valence-corrected chi connectivity index (χ2v) is 8.11. The minimum atomic E-state index is -0.199. The number of hydrogen-bond acceptors (Lipinski definition) is 4. The predicted octanol–water partition coefficient (Wildman–Crippen LogP) is 4.94. The Morgan fingerprint density at radius 1 is 0.848 bits per heavy atom. The van der Waals surface area contributed by atoms with Gasteiger partial charge in [0.05, 0.1) is 12.2 Å². The van der Waals surface area contributed by atoms with E-state index in [0.29, 0.717) is 23.6 Å². The Labute approximate surface area is 194 Å². The lowest BCUT2D eigenvalue weighted by atomic mass is 10.1. The highest BCUT2D eigenvalue weighted by Gasteiger charge is 2.18. The summed E-state index contributed by atoms with van der Waals surface area (Å²) < 4.78 is 5.94. The normalized spacial score (nSPS) is 13.3. The van der Waals surface area contributed by atoms with E-state index in [0.717, 1.165) is 37.2 Å². The van der Waals surface area contributed by atoms with Crippen LogP contribution in [0.1, 0.15) is 35.2 Å². The molecule has 1 aliphatic rings. The third kappa shape index (κ3) is 6.35. The van der Waals surface area contributed by atoms with Gasteiger partial charge in [-0.2, -0.15) is 0 Å². The zero-order valence-corrected chi connectivity index (χ0v) is 18.6. The fourth-order valence-electron chi connectivity index (χ4n) is 3.86. The van der Waals surface area contributed by atoms with Gasteiger partial charge in [-0.1, -0.05) is 48.5 Å². The average Bonchev–Trinajstić information content (AvgIpc) is 2.87. The van der Waals surface area contributed by atoms with E-state index < -0.39 is 0 Å². The van der Waals surface area contributed by atoms with Crippen LogP contribution in [-0.4, -0.2) is 36.3 Å². The maximum atomic E-state index is 12.7. The van der Waals surface area contributed by atoms with Crippen LogP contribution < -0.4 is 15.4 Å². The van der Waals surface area contributed by atoms with Gasteiger partial charge in [-0.25, -0.2) is 0 Å². The van der Waals surface area contributed by atoms with Crippen LogP contribution in [0.4, 0.5) is 11.4 Å². The zero-order valence-electron chi connectivity index (χ0n) is 18.6. The molecule has 2 N–H and O–H groups in total. The van der Waals surface area contributed by atoms with Gasteiger partial charge in [-0.05, 0) is 55.2 Å². The van der Waals surface area contributed by atoms with Crippen molar-refractivity contribution >= 4 is 23.2 Å². The summed E-state index contributed by atoms with van der Waals surface area (Å²) in [5.74, 6) is 0.507. The minimum absolute atomic E-state index is 0.0217. The molecule has 2 amide bonds. The van der Waals surface area contributed by atoms with E-state index in [1.807, 2.05) is 59.5 Å². The SMILES string of the molecule is O=C(CNc1ccccc1OCc1ccccc1)Nc1cccc(C(=O)N2CCCCC2)c1. The third-order valence-corrected chi connectivity index (χ3v) is 5.60. The molecule has 0 radical (unpaired) electrons. The van der Waals surface area contributed by atoms with E-state index in [-0.39, 0.29) is 18.4 Å². The summed E-state index contributed by atoms with van der Waals surface area (Å²) in [4.78, 5) is 27.2. The maximum Gasteiger partial charge on any atom is 0.253 e. The molecule has 0 saturated carbocycles. The molecular formula is C27H29N3O3. The summed E-state index contributed by atoms with van der Waals surface area (Å²) in [6.45, 7) is 2.12. The van der Waals surface area contributed by atoms with E-state index in [4.69, 9.17) is 4.74 Å². The molecule has 1 saturated heterocycles. The van der Waals surface area contributed by atoms with E-state index in [1.54, 1.807) is 24.3 Å². The van der Waals surface area contributed by atoms with E-state index in [1.165, 1.54) is 6.42 Å². The molecule has 0 unspecified atom stereocenters. The van der Waals surface area contributed by atoms with Crippen LogP contribution in [0.5, 0.6) is 5.75 Å². The highest BCUT2D eigenvalue weighted by atomic mass is 16.5. The highest BCUT2D eigenvalue weighted by molar-refractivity contribution is 5.98. The lowest BCUT2D eigenvalue weighted by Gasteiger charge is -2.26. The van der Waals surface area contributed by atoms with Crippen LogP contribution in [0.2, 0.25) is 0 Å². The Hall–Kier alpha value is -3.80. The van der Waals surface area contributed by atoms with Crippen molar-refractivity contribution in [2.45, 2.75) is 25.9 Å². The molecule has 0 bridgehead atoms. The molecule has 33 heavy (non-hydrogen) atoms. The van der Waals surface area contributed by atoms with Gasteiger partial charge >= 0.3 is 0 Å². The highest BCUT2D eigenvalue weighted by Crippen LogP contribution is 2.24. The molecule has 4 rings (SSSR count). The van der Waals surface area contributed by atoms with Crippen LogP contribution in [0.25, 0.3) is 0 Å². The number of nitrogens with one attached hydrogen (secondary N) is 2. The number of likely N-dealkylation sites (tertiary alicyclic amines) is 1. The number of amides is 2. The first-order valence-corrected chi connectivity index (χ1v) is 11.4. The Morgan fingerprint density at radius 2 is 1.61 bits per heavy atom. The Bertz CT molecular complexity index is 1080. The van der Waals surface area contributed by atoms with Crippen molar-refractivity contribution in [3.63, 3.8) is 0 Å². The standard InChI is InChI=1S/C27H29N3O3/c31-26(29-23-13-9-12-22(18-23)27(32)30-16-7-2-8-17-30)19-28-24-14-5-6-15-25(24)33-20-21-10-3-1-4-11-21/h1,3-6,9-15,18,28H,2,7-8,16-17,19-20H2,(H,29,31). The van der Waals surface area contributed by atoms with Crippen LogP contribution in [0.3, 0.4) is 0 Å². The molecule has 1 heterocycles. The second-order valence-electron chi connectivity index (χ2n) is 8.11. The van der Waals surface area contributed by atoms with Gasteiger partial charge in [0, 0.05) is 24.3 Å². The number of para-hydroxylation sites is 2. The van der Waals surface area contributed by atoms with Crippen molar-refractivity contribution < 1.29 is 14.3 Å². The number of carbonyl (C=O) groups excluding carboxylic acids is 2. The molecule has 170 valence electrons. The first-order chi connectivity index (χ1) is 16.2. The first kappa shape index (κ1) is 22.4. The Morgan fingerprint density at radius 3 is 2.42 bits per heavy atom. The number of piperidine rings is 1. The molecule has 0 spiro atoms. The van der Waals surface area contributed by atoms with Crippen molar-refractivity contribution in [3.05, 3.63) is 90.0 Å². The van der Waals surface area contributed by atoms with E-state index in [2.05, 4.69) is 10.6 Å². The van der Waals surface area contributed by atoms with Gasteiger partial charge in [0.15, 0.2) is 0 Å². The van der Waals surface area contributed by atoms with Gasteiger partial charge in [-0.3, -0.25) is 9.59 Å². The molecule has 3 aromatic rings. The van der Waals surface area contributed by atoms with Gasteiger partial charge in [-0.15, -0.1) is 0 Å². The minimum Gasteiger partial charge on any atom is -0.487 e. The fourth-order valence-corrected chi connectivity index (χ4v) is 3.86. The number of benzene rings is 3. The van der Waals surface area contributed by atoms with Crippen LogP contribution in [-0.2, 0) is 11.4 Å². The van der Waals surface area contributed by atoms with Crippen LogP contribution in [0.15, 0.2) is 78.9 Å². The summed E-state index contributed by atoms with van der Waals surface area (Å²) in [7, 11) is 0. The monoisotopic (exact) mass is 443 g/mol. The van der Waals surface area contributed by atoms with Gasteiger partial charge in [0.1, 0.15) is 12.4 Å². The van der Waals surface area contributed by atoms with Crippen LogP contribution >= 0.6 is 0 Å². The van der Waals surface area contributed by atoms with Crippen molar-refractivity contribution in [1.29, 1.82) is 0 Å². The molecule has 1 aliphatic heterocycles. The maximum absolute atomic E-state index is 12.7. The number of nitrogens with zero attached hydrogens (tertiary/aromatic N) is 1. The van der Waals surface area contributed by atoms with Gasteiger partial charge in [0.2, 0.25) is 5.91 Å². The van der Waals surface area contributed by atoms with Crippen molar-refractivity contribution in [2.24, 2.45) is 0 Å². The smallest absolute Gasteiger partial charge is 0.253 e. The van der Waals surface area contributed by atoms with E-state index in [9.17, 15) is 9.59 Å². The fraction of sp³-hybridized carbons (Fsp3) is 0.259. The Kier molecular flexibility index (Phi) is 7.59. The van der Waals surface area contributed by atoms with Gasteiger partial charge in [0.25, 0.3) is 5.91 Å². The second kappa shape index (κ2) is 11.2. The number of hydrogen-bond donors (Lipinski definition) is 2. The topological polar surface area (TPSA) is 70.7 Å². The number of anilines is 2. The summed E-state index contributed by atoms with van der Waals surface area (Å²) >= 11 is 0. The summed E-state index contributed by atoms with van der Waals surface area (Å²) in [6.07, 6.45) is 3.27. The molecule has 0 aliphatic carbocycles. The average molecular weight is 444 g/mol. The molecule has 3 aromatic carbocycles. The molecule has 6 nitrogen and oxygen atoms in total. The molecule has 0 aromatic heterocycles. The van der Waals surface area contributed by atoms with Gasteiger partial charge < -0.3 is 20.3 Å². The number of rotatable bonds is 8. The molecule has 6 heteroatoms. The molecular weight excluding hydrogens is 414 g/mol. The summed E-state index contributed by atoms with van der Waals surface area (Å²) in [5, 5.41) is 6.02. The lowest BCUT2D eigenvalue weighted by Crippen LogP contribution is -2.35. The molecule has 0 atom stereocenters. The summed E-state index contributed by atoms with van der Waals surface area (Å²) in [6, 6.07) is 24.6. The predicted molar refractivity (Wildman–Crippen MR) is 131 cm³/mol. The molecule has 1 fully saturated rings. The number of carbonyl (C=O) groups is 2.